The predicted molar refractivity (Wildman–Crippen MR) is 88.7 cm³/mol. The molecule has 0 saturated heterocycles. The summed E-state index contributed by atoms with van der Waals surface area (Å²) in [5.41, 5.74) is 7.51. The lowest BCUT2D eigenvalue weighted by molar-refractivity contribution is -0.0817. The highest BCUT2D eigenvalue weighted by Gasteiger charge is 2.39. The Morgan fingerprint density at radius 2 is 2.05 bits per heavy atom. The summed E-state index contributed by atoms with van der Waals surface area (Å²) in [5, 5.41) is 1.13. The molecule has 1 aliphatic rings. The van der Waals surface area contributed by atoms with Crippen LogP contribution in [0.25, 0.3) is 10.2 Å². The number of nitrogens with two attached hydrogens (primary N) is 1. The predicted octanol–water partition coefficient (Wildman–Crippen LogP) is 3.91. The maximum absolute atomic E-state index is 6.57. The van der Waals surface area contributed by atoms with Crippen LogP contribution in [-0.4, -0.2) is 23.2 Å². The van der Waals surface area contributed by atoms with Crippen molar-refractivity contribution in [2.75, 3.05) is 6.61 Å². The quantitative estimate of drug-likeness (QED) is 0.911. The standard InChI is InChI=1S/C17H24N2OS/c1-2-20-17(10-6-3-7-11-17)15(18)12-16-19-13-8-4-5-9-14(13)21-16/h4-5,8-9,15H,2-3,6-7,10-12,18H2,1H3. The molecule has 0 spiro atoms. The normalized spacial score (nSPS) is 19.7. The molecule has 3 nitrogen and oxygen atoms in total. The van der Waals surface area contributed by atoms with Gasteiger partial charge in [0, 0.05) is 19.1 Å². The highest BCUT2D eigenvalue weighted by atomic mass is 32.1. The van der Waals surface area contributed by atoms with Crippen LogP contribution in [0.3, 0.4) is 0 Å². The lowest BCUT2D eigenvalue weighted by atomic mass is 9.78. The Labute approximate surface area is 130 Å². The zero-order valence-corrected chi connectivity index (χ0v) is 13.5. The van der Waals surface area contributed by atoms with E-state index in [-0.39, 0.29) is 11.6 Å². The van der Waals surface area contributed by atoms with Crippen LogP contribution in [0.4, 0.5) is 0 Å². The van der Waals surface area contributed by atoms with Crippen LogP contribution in [0.5, 0.6) is 0 Å². The lowest BCUT2D eigenvalue weighted by Crippen LogP contribution is -2.52. The van der Waals surface area contributed by atoms with E-state index in [2.05, 4.69) is 25.1 Å². The van der Waals surface area contributed by atoms with E-state index >= 15 is 0 Å². The van der Waals surface area contributed by atoms with Gasteiger partial charge in [0.15, 0.2) is 0 Å². The van der Waals surface area contributed by atoms with E-state index in [1.54, 1.807) is 11.3 Å². The maximum atomic E-state index is 6.57. The third kappa shape index (κ3) is 3.12. The Morgan fingerprint density at radius 1 is 1.29 bits per heavy atom. The molecule has 1 fully saturated rings. The van der Waals surface area contributed by atoms with E-state index in [0.29, 0.717) is 0 Å². The topological polar surface area (TPSA) is 48.1 Å². The summed E-state index contributed by atoms with van der Waals surface area (Å²) in [6, 6.07) is 8.33. The van der Waals surface area contributed by atoms with E-state index < -0.39 is 0 Å². The molecule has 0 aliphatic heterocycles. The minimum absolute atomic E-state index is 0.0401. The minimum atomic E-state index is -0.134. The molecule has 2 N–H and O–H groups in total. The van der Waals surface area contributed by atoms with Gasteiger partial charge in [0.25, 0.3) is 0 Å². The smallest absolute Gasteiger partial charge is 0.0955 e. The van der Waals surface area contributed by atoms with Crippen LogP contribution >= 0.6 is 11.3 Å². The van der Waals surface area contributed by atoms with Crippen molar-refractivity contribution in [3.05, 3.63) is 29.3 Å². The summed E-state index contributed by atoms with van der Waals surface area (Å²) >= 11 is 1.76. The summed E-state index contributed by atoms with van der Waals surface area (Å²) in [5.74, 6) is 0. The van der Waals surface area contributed by atoms with E-state index in [1.807, 2.05) is 6.07 Å². The van der Waals surface area contributed by atoms with Gasteiger partial charge in [-0.2, -0.15) is 0 Å². The van der Waals surface area contributed by atoms with Gasteiger partial charge in [-0.05, 0) is 31.9 Å². The van der Waals surface area contributed by atoms with Gasteiger partial charge in [-0.25, -0.2) is 4.98 Å². The van der Waals surface area contributed by atoms with Gasteiger partial charge in [0.1, 0.15) is 0 Å². The van der Waals surface area contributed by atoms with Crippen LogP contribution in [0, 0.1) is 0 Å². The molecule has 0 amide bonds. The SMILES string of the molecule is CCOC1(C(N)Cc2nc3ccccc3s2)CCCCC1. The number of benzene rings is 1. The zero-order valence-electron chi connectivity index (χ0n) is 12.7. The third-order valence-electron chi connectivity index (χ3n) is 4.54. The Bertz CT molecular complexity index is 551. The first-order valence-corrected chi connectivity index (χ1v) is 8.79. The molecule has 0 bridgehead atoms. The van der Waals surface area contributed by atoms with Crippen molar-refractivity contribution >= 4 is 21.6 Å². The molecular formula is C17H24N2OS. The first kappa shape index (κ1) is 14.9. The van der Waals surface area contributed by atoms with Crippen molar-refractivity contribution in [1.82, 2.24) is 4.98 Å². The van der Waals surface area contributed by atoms with Crippen molar-refractivity contribution in [2.24, 2.45) is 5.73 Å². The van der Waals surface area contributed by atoms with E-state index in [9.17, 15) is 0 Å². The minimum Gasteiger partial charge on any atom is -0.374 e. The molecule has 1 saturated carbocycles. The van der Waals surface area contributed by atoms with Crippen molar-refractivity contribution in [3.63, 3.8) is 0 Å². The first-order chi connectivity index (χ1) is 10.2. The summed E-state index contributed by atoms with van der Waals surface area (Å²) < 4.78 is 7.37. The Balaban J connectivity index is 1.78. The van der Waals surface area contributed by atoms with Gasteiger partial charge in [0.05, 0.1) is 20.8 Å². The average molecular weight is 304 g/mol. The molecule has 1 atom stereocenters. The third-order valence-corrected chi connectivity index (χ3v) is 5.60. The van der Waals surface area contributed by atoms with Gasteiger partial charge in [0.2, 0.25) is 0 Å². The maximum Gasteiger partial charge on any atom is 0.0955 e. The lowest BCUT2D eigenvalue weighted by Gasteiger charge is -2.41. The fraction of sp³-hybridized carbons (Fsp3) is 0.588. The van der Waals surface area contributed by atoms with E-state index in [4.69, 9.17) is 15.5 Å². The molecule has 114 valence electrons. The molecule has 2 aromatic rings. The molecule has 21 heavy (non-hydrogen) atoms. The zero-order chi connectivity index (χ0) is 14.7. The number of para-hydroxylation sites is 1. The summed E-state index contributed by atoms with van der Waals surface area (Å²) in [6.07, 6.45) is 6.77. The second-order valence-corrected chi connectivity index (χ2v) is 7.06. The molecule has 1 heterocycles. The van der Waals surface area contributed by atoms with Crippen LogP contribution in [0.15, 0.2) is 24.3 Å². The number of hydrogen-bond donors (Lipinski definition) is 1. The highest BCUT2D eigenvalue weighted by Crippen LogP contribution is 2.35. The number of aromatic nitrogens is 1. The number of thiazole rings is 1. The monoisotopic (exact) mass is 304 g/mol. The van der Waals surface area contributed by atoms with Crippen LogP contribution in [0.2, 0.25) is 0 Å². The van der Waals surface area contributed by atoms with Gasteiger partial charge in [-0.15, -0.1) is 11.3 Å². The summed E-state index contributed by atoms with van der Waals surface area (Å²) in [4.78, 5) is 4.72. The number of ether oxygens (including phenoxy) is 1. The van der Waals surface area contributed by atoms with Crippen molar-refractivity contribution < 1.29 is 4.74 Å². The number of rotatable bonds is 5. The second kappa shape index (κ2) is 6.42. The van der Waals surface area contributed by atoms with Crippen molar-refractivity contribution in [2.45, 2.75) is 57.1 Å². The Morgan fingerprint density at radius 3 is 2.76 bits per heavy atom. The Hall–Kier alpha value is -0.970. The average Bonchev–Trinajstić information content (AvgIpc) is 2.90. The summed E-state index contributed by atoms with van der Waals surface area (Å²) in [7, 11) is 0. The van der Waals surface area contributed by atoms with Crippen LogP contribution in [0.1, 0.15) is 44.0 Å². The number of nitrogens with zero attached hydrogens (tertiary/aromatic N) is 1. The van der Waals surface area contributed by atoms with Gasteiger partial charge >= 0.3 is 0 Å². The molecular weight excluding hydrogens is 280 g/mol. The van der Waals surface area contributed by atoms with E-state index in [0.717, 1.165) is 36.4 Å². The fourth-order valence-corrected chi connectivity index (χ4v) is 4.47. The molecule has 1 aromatic heterocycles. The second-order valence-electron chi connectivity index (χ2n) is 5.94. The first-order valence-electron chi connectivity index (χ1n) is 7.97. The molecule has 1 aromatic carbocycles. The number of hydrogen-bond acceptors (Lipinski definition) is 4. The Kier molecular flexibility index (Phi) is 4.57. The van der Waals surface area contributed by atoms with Gasteiger partial charge in [-0.1, -0.05) is 31.4 Å². The molecule has 1 unspecified atom stereocenters. The van der Waals surface area contributed by atoms with Gasteiger partial charge in [-0.3, -0.25) is 0 Å². The highest BCUT2D eigenvalue weighted by molar-refractivity contribution is 7.18. The largest absolute Gasteiger partial charge is 0.374 e. The number of fused-ring (bicyclic) bond motifs is 1. The van der Waals surface area contributed by atoms with Crippen LogP contribution < -0.4 is 5.73 Å². The van der Waals surface area contributed by atoms with E-state index in [1.165, 1.54) is 24.0 Å². The van der Waals surface area contributed by atoms with Crippen molar-refractivity contribution in [1.29, 1.82) is 0 Å². The molecule has 4 heteroatoms. The molecule has 0 radical (unpaired) electrons. The van der Waals surface area contributed by atoms with Gasteiger partial charge < -0.3 is 10.5 Å². The van der Waals surface area contributed by atoms with Crippen molar-refractivity contribution in [3.8, 4) is 0 Å². The molecule has 1 aliphatic carbocycles. The van der Waals surface area contributed by atoms with Crippen LogP contribution in [-0.2, 0) is 11.2 Å². The summed E-state index contributed by atoms with van der Waals surface area (Å²) in [6.45, 7) is 2.81. The fourth-order valence-electron chi connectivity index (χ4n) is 3.44. The molecule has 3 rings (SSSR count).